The number of anilines is 2. The number of aliphatic imine (C=N–C) groups is 1. The van der Waals surface area contributed by atoms with Crippen molar-refractivity contribution in [3.8, 4) is 5.75 Å². The molecule has 0 saturated carbocycles. The van der Waals surface area contributed by atoms with Crippen LogP contribution >= 0.6 is 0 Å². The van der Waals surface area contributed by atoms with Gasteiger partial charge in [-0.25, -0.2) is 0 Å². The van der Waals surface area contributed by atoms with Crippen LogP contribution in [0.25, 0.3) is 0 Å². The molecule has 2 aliphatic rings. The molecule has 0 aromatic heterocycles. The fourth-order valence-electron chi connectivity index (χ4n) is 4.40. The number of hydrogen-bond donors (Lipinski definition) is 2. The van der Waals surface area contributed by atoms with E-state index in [9.17, 15) is 9.90 Å². The van der Waals surface area contributed by atoms with Crippen molar-refractivity contribution in [2.75, 3.05) is 56.1 Å². The number of amides is 1. The van der Waals surface area contributed by atoms with Crippen LogP contribution in [0.4, 0.5) is 11.4 Å². The molecular weight excluding hydrogens is 390 g/mol. The Morgan fingerprint density at radius 1 is 1.00 bits per heavy atom. The Morgan fingerprint density at radius 2 is 1.71 bits per heavy atom. The summed E-state index contributed by atoms with van der Waals surface area (Å²) in [7, 11) is 1.80. The Balaban J connectivity index is 1.21. The van der Waals surface area contributed by atoms with Crippen molar-refractivity contribution in [3.05, 3.63) is 54.1 Å². The molecule has 4 rings (SSSR count). The highest BCUT2D eigenvalue weighted by Crippen LogP contribution is 2.28. The second-order valence-corrected chi connectivity index (χ2v) is 7.96. The normalized spacial score (nSPS) is 16.4. The van der Waals surface area contributed by atoms with Gasteiger partial charge in [0, 0.05) is 58.4 Å². The number of nitrogens with zero attached hydrogens (tertiary/aromatic N) is 4. The van der Waals surface area contributed by atoms with Crippen LogP contribution in [0.2, 0.25) is 0 Å². The molecule has 2 aromatic carbocycles. The minimum absolute atomic E-state index is 0.193. The largest absolute Gasteiger partial charge is 0.506 e. The molecule has 7 nitrogen and oxygen atoms in total. The summed E-state index contributed by atoms with van der Waals surface area (Å²) < 4.78 is 0. The van der Waals surface area contributed by atoms with Gasteiger partial charge in [-0.2, -0.15) is 0 Å². The van der Waals surface area contributed by atoms with Gasteiger partial charge >= 0.3 is 0 Å². The van der Waals surface area contributed by atoms with Gasteiger partial charge in [0.1, 0.15) is 5.75 Å². The zero-order valence-corrected chi connectivity index (χ0v) is 18.1. The number of nitrogens with one attached hydrogen (secondary N) is 1. The number of benzene rings is 2. The van der Waals surface area contributed by atoms with Gasteiger partial charge in [-0.3, -0.25) is 9.79 Å². The topological polar surface area (TPSA) is 71.4 Å². The summed E-state index contributed by atoms with van der Waals surface area (Å²) in [5, 5.41) is 13.5. The Kier molecular flexibility index (Phi) is 6.60. The lowest BCUT2D eigenvalue weighted by Gasteiger charge is -2.37. The first-order valence-corrected chi connectivity index (χ1v) is 11.0. The minimum Gasteiger partial charge on any atom is -0.506 e. The molecule has 7 heteroatoms. The van der Waals surface area contributed by atoms with E-state index in [1.54, 1.807) is 13.1 Å². The van der Waals surface area contributed by atoms with E-state index in [1.165, 1.54) is 5.56 Å². The first kappa shape index (κ1) is 21.0. The first-order chi connectivity index (χ1) is 15.2. The van der Waals surface area contributed by atoms with Crippen molar-refractivity contribution in [1.29, 1.82) is 0 Å². The van der Waals surface area contributed by atoms with E-state index in [-0.39, 0.29) is 5.91 Å². The number of phenolic OH excluding ortho intramolecular Hbond substituents is 1. The van der Waals surface area contributed by atoms with E-state index in [4.69, 9.17) is 0 Å². The Hall–Kier alpha value is -3.22. The molecule has 1 fully saturated rings. The third-order valence-electron chi connectivity index (χ3n) is 6.05. The number of carbonyl (C=O) groups excluding carboxylic acids is 1. The summed E-state index contributed by atoms with van der Waals surface area (Å²) in [5.74, 6) is 1.39. The molecule has 2 N–H and O–H groups in total. The fraction of sp³-hybridized carbons (Fsp3) is 0.417. The summed E-state index contributed by atoms with van der Waals surface area (Å²) in [5.41, 5.74) is 3.21. The van der Waals surface area contributed by atoms with Crippen LogP contribution in [0.3, 0.4) is 0 Å². The Bertz CT molecular complexity index is 937. The number of carbonyl (C=O) groups is 1. The zero-order chi connectivity index (χ0) is 21.6. The van der Waals surface area contributed by atoms with Gasteiger partial charge in [0.2, 0.25) is 5.91 Å². The van der Waals surface area contributed by atoms with E-state index >= 15 is 0 Å². The highest BCUT2D eigenvalue weighted by atomic mass is 16.3. The summed E-state index contributed by atoms with van der Waals surface area (Å²) in [6.45, 7) is 4.81. The second-order valence-electron chi connectivity index (χ2n) is 7.96. The van der Waals surface area contributed by atoms with Crippen molar-refractivity contribution >= 4 is 23.2 Å². The highest BCUT2D eigenvalue weighted by molar-refractivity contribution is 5.95. The maximum absolute atomic E-state index is 12.7. The van der Waals surface area contributed by atoms with Gasteiger partial charge in [-0.15, -0.1) is 0 Å². The van der Waals surface area contributed by atoms with E-state index < -0.39 is 0 Å². The molecule has 31 heavy (non-hydrogen) atoms. The lowest BCUT2D eigenvalue weighted by Crippen LogP contribution is -2.52. The first-order valence-electron chi connectivity index (χ1n) is 11.0. The molecule has 0 radical (unpaired) electrons. The highest BCUT2D eigenvalue weighted by Gasteiger charge is 2.24. The lowest BCUT2D eigenvalue weighted by molar-refractivity contribution is -0.118. The van der Waals surface area contributed by atoms with Crippen LogP contribution in [0.15, 0.2) is 53.5 Å². The standard InChI is InChI=1S/C24H31N5O2/c1-25-24(28-17-15-27(16-18-28)21-9-4-5-10-22(21)30)26-13-6-11-23(31)29-14-12-19-7-2-3-8-20(19)29/h2-5,7-10,30H,6,11-18H2,1H3,(H,25,26). The van der Waals surface area contributed by atoms with Gasteiger partial charge in [0.15, 0.2) is 5.96 Å². The van der Waals surface area contributed by atoms with Gasteiger partial charge in [-0.05, 0) is 36.6 Å². The summed E-state index contributed by atoms with van der Waals surface area (Å²) in [6, 6.07) is 15.6. The monoisotopic (exact) mass is 421 g/mol. The number of phenols is 1. The number of guanidine groups is 1. The maximum atomic E-state index is 12.7. The minimum atomic E-state index is 0.193. The van der Waals surface area contributed by atoms with Crippen LogP contribution in [0.1, 0.15) is 18.4 Å². The van der Waals surface area contributed by atoms with Crippen molar-refractivity contribution in [1.82, 2.24) is 10.2 Å². The number of piperazine rings is 1. The third kappa shape index (κ3) is 4.76. The van der Waals surface area contributed by atoms with E-state index in [1.807, 2.05) is 41.3 Å². The zero-order valence-electron chi connectivity index (χ0n) is 18.1. The van der Waals surface area contributed by atoms with Crippen molar-refractivity contribution < 1.29 is 9.90 Å². The SMILES string of the molecule is CN=C(NCCCC(=O)N1CCc2ccccc21)N1CCN(c2ccccc2O)CC1. The average Bonchev–Trinajstić information content (AvgIpc) is 3.24. The van der Waals surface area contributed by atoms with Gasteiger partial charge < -0.3 is 25.1 Å². The van der Waals surface area contributed by atoms with Crippen molar-refractivity contribution in [3.63, 3.8) is 0 Å². The molecule has 164 valence electrons. The summed E-state index contributed by atoms with van der Waals surface area (Å²) in [6.07, 6.45) is 2.24. The number of fused-ring (bicyclic) bond motifs is 1. The number of aromatic hydroxyl groups is 1. The van der Waals surface area contributed by atoms with Crippen LogP contribution in [0.5, 0.6) is 5.75 Å². The van der Waals surface area contributed by atoms with Crippen LogP contribution in [-0.4, -0.2) is 68.2 Å². The average molecular weight is 422 g/mol. The molecule has 2 aromatic rings. The molecular formula is C24H31N5O2. The molecule has 2 aliphatic heterocycles. The van der Waals surface area contributed by atoms with Gasteiger partial charge in [0.05, 0.1) is 5.69 Å². The number of para-hydroxylation sites is 3. The number of hydrogen-bond acceptors (Lipinski definition) is 4. The Labute approximate surface area is 184 Å². The van der Waals surface area contributed by atoms with E-state index in [0.717, 1.165) is 62.9 Å². The molecule has 0 unspecified atom stereocenters. The van der Waals surface area contributed by atoms with Crippen molar-refractivity contribution in [2.24, 2.45) is 4.99 Å². The van der Waals surface area contributed by atoms with Crippen LogP contribution in [-0.2, 0) is 11.2 Å². The molecule has 0 spiro atoms. The Morgan fingerprint density at radius 3 is 2.45 bits per heavy atom. The molecule has 1 saturated heterocycles. The van der Waals surface area contributed by atoms with Crippen LogP contribution < -0.4 is 15.1 Å². The quantitative estimate of drug-likeness (QED) is 0.441. The molecule has 0 aliphatic carbocycles. The van der Waals surface area contributed by atoms with Crippen LogP contribution in [0, 0.1) is 0 Å². The van der Waals surface area contributed by atoms with Gasteiger partial charge in [-0.1, -0.05) is 30.3 Å². The summed E-state index contributed by atoms with van der Waals surface area (Å²) in [4.78, 5) is 23.4. The predicted molar refractivity (Wildman–Crippen MR) is 125 cm³/mol. The smallest absolute Gasteiger partial charge is 0.227 e. The fourth-order valence-corrected chi connectivity index (χ4v) is 4.40. The maximum Gasteiger partial charge on any atom is 0.227 e. The lowest BCUT2D eigenvalue weighted by atomic mass is 10.2. The van der Waals surface area contributed by atoms with Crippen molar-refractivity contribution in [2.45, 2.75) is 19.3 Å². The third-order valence-corrected chi connectivity index (χ3v) is 6.05. The van der Waals surface area contributed by atoms with E-state index in [2.05, 4.69) is 26.2 Å². The molecule has 2 heterocycles. The van der Waals surface area contributed by atoms with Gasteiger partial charge in [0.25, 0.3) is 0 Å². The molecule has 0 bridgehead atoms. The second kappa shape index (κ2) is 9.73. The summed E-state index contributed by atoms with van der Waals surface area (Å²) >= 11 is 0. The predicted octanol–water partition coefficient (Wildman–Crippen LogP) is 2.46. The molecule has 1 amide bonds. The number of rotatable bonds is 5. The molecule has 0 atom stereocenters. The van der Waals surface area contributed by atoms with E-state index in [0.29, 0.717) is 18.7 Å².